The number of nitro groups is 1. The number of hydrogen-bond donors (Lipinski definition) is 0. The fourth-order valence-corrected chi connectivity index (χ4v) is 2.75. The second-order valence-corrected chi connectivity index (χ2v) is 6.26. The summed E-state index contributed by atoms with van der Waals surface area (Å²) in [4.78, 5) is 10.3. The molecule has 0 bridgehead atoms. The topological polar surface area (TPSA) is 91.3 Å². The maximum atomic E-state index is 10.8. The molecule has 0 unspecified atom stereocenters. The van der Waals surface area contributed by atoms with Crippen LogP contribution in [0.4, 0.5) is 5.69 Å². The second-order valence-electron chi connectivity index (χ2n) is 4.81. The monoisotopic (exact) mass is 377 g/mol. The maximum Gasteiger partial charge on any atom is 0.276 e. The average Bonchev–Trinajstić information content (AvgIpc) is 3.09. The SMILES string of the molecule is O=[N+]([O-])c1cccc(-c2nnc(SCCOc3ccccc3Cl)o2)c1. The van der Waals surface area contributed by atoms with Crippen LogP contribution >= 0.6 is 23.4 Å². The lowest BCUT2D eigenvalue weighted by Crippen LogP contribution is -2.00. The Morgan fingerprint density at radius 2 is 2.04 bits per heavy atom. The number of aromatic nitrogens is 2. The minimum atomic E-state index is -0.471. The molecule has 2 aromatic carbocycles. The van der Waals surface area contributed by atoms with Gasteiger partial charge < -0.3 is 9.15 Å². The highest BCUT2D eigenvalue weighted by atomic mass is 35.5. The molecule has 1 aromatic heterocycles. The van der Waals surface area contributed by atoms with Gasteiger partial charge in [-0.2, -0.15) is 0 Å². The molecule has 1 heterocycles. The molecule has 0 atom stereocenters. The minimum Gasteiger partial charge on any atom is -0.491 e. The van der Waals surface area contributed by atoms with Crippen LogP contribution in [-0.2, 0) is 0 Å². The van der Waals surface area contributed by atoms with E-state index in [0.717, 1.165) is 0 Å². The third-order valence-corrected chi connectivity index (χ3v) is 4.21. The highest BCUT2D eigenvalue weighted by molar-refractivity contribution is 7.99. The van der Waals surface area contributed by atoms with Crippen LogP contribution in [0.3, 0.4) is 0 Å². The molecule has 0 saturated carbocycles. The molecular weight excluding hydrogens is 366 g/mol. The van der Waals surface area contributed by atoms with Gasteiger partial charge in [0.15, 0.2) is 0 Å². The van der Waals surface area contributed by atoms with Crippen LogP contribution in [0.15, 0.2) is 58.2 Å². The smallest absolute Gasteiger partial charge is 0.276 e. The van der Waals surface area contributed by atoms with Crippen molar-refractivity contribution in [3.05, 3.63) is 63.7 Å². The second kappa shape index (κ2) is 8.00. The lowest BCUT2D eigenvalue weighted by molar-refractivity contribution is -0.384. The first-order chi connectivity index (χ1) is 12.1. The molecule has 0 spiro atoms. The Bertz CT molecular complexity index is 887. The van der Waals surface area contributed by atoms with Gasteiger partial charge in [0.2, 0.25) is 5.89 Å². The largest absolute Gasteiger partial charge is 0.491 e. The lowest BCUT2D eigenvalue weighted by Gasteiger charge is -2.06. The molecule has 0 aliphatic rings. The Labute approximate surface area is 152 Å². The third kappa shape index (κ3) is 4.49. The van der Waals surface area contributed by atoms with Gasteiger partial charge in [0.1, 0.15) is 5.75 Å². The molecular formula is C16H12ClN3O4S. The van der Waals surface area contributed by atoms with Crippen LogP contribution < -0.4 is 4.74 Å². The number of non-ortho nitro benzene ring substituents is 1. The van der Waals surface area contributed by atoms with E-state index in [0.29, 0.717) is 33.9 Å². The molecule has 0 aliphatic carbocycles. The number of rotatable bonds is 7. The Morgan fingerprint density at radius 3 is 2.84 bits per heavy atom. The van der Waals surface area contributed by atoms with E-state index in [1.54, 1.807) is 24.3 Å². The predicted molar refractivity (Wildman–Crippen MR) is 94.1 cm³/mol. The Hall–Kier alpha value is -2.58. The minimum absolute atomic E-state index is 0.0296. The summed E-state index contributed by atoms with van der Waals surface area (Å²) in [7, 11) is 0. The number of benzene rings is 2. The van der Waals surface area contributed by atoms with Crippen molar-refractivity contribution in [1.29, 1.82) is 0 Å². The van der Waals surface area contributed by atoms with Gasteiger partial charge in [-0.1, -0.05) is 41.6 Å². The molecule has 0 radical (unpaired) electrons. The molecule has 3 rings (SSSR count). The van der Waals surface area contributed by atoms with E-state index in [4.69, 9.17) is 20.8 Å². The number of nitrogens with zero attached hydrogens (tertiary/aromatic N) is 3. The molecule has 25 heavy (non-hydrogen) atoms. The van der Waals surface area contributed by atoms with Crippen LogP contribution in [0, 0.1) is 10.1 Å². The van der Waals surface area contributed by atoms with Crippen molar-refractivity contribution in [2.24, 2.45) is 0 Å². The third-order valence-electron chi connectivity index (χ3n) is 3.11. The number of nitro benzene ring substituents is 1. The summed E-state index contributed by atoms with van der Waals surface area (Å²) in [6.07, 6.45) is 0. The van der Waals surface area contributed by atoms with Crippen molar-refractivity contribution in [2.75, 3.05) is 12.4 Å². The fraction of sp³-hybridized carbons (Fsp3) is 0.125. The van der Waals surface area contributed by atoms with Crippen molar-refractivity contribution < 1.29 is 14.1 Å². The van der Waals surface area contributed by atoms with Crippen molar-refractivity contribution in [3.63, 3.8) is 0 Å². The summed E-state index contributed by atoms with van der Waals surface area (Å²) < 4.78 is 11.1. The van der Waals surface area contributed by atoms with Gasteiger partial charge in [-0.05, 0) is 18.2 Å². The Kier molecular flexibility index (Phi) is 5.52. The molecule has 3 aromatic rings. The van der Waals surface area contributed by atoms with E-state index in [-0.39, 0.29) is 11.6 Å². The summed E-state index contributed by atoms with van der Waals surface area (Å²) >= 11 is 7.34. The zero-order valence-corrected chi connectivity index (χ0v) is 14.4. The standard InChI is InChI=1S/C16H12ClN3O4S/c17-13-6-1-2-7-14(13)23-8-9-25-16-19-18-15(24-16)11-4-3-5-12(10-11)20(21)22/h1-7,10H,8-9H2. The Morgan fingerprint density at radius 1 is 1.20 bits per heavy atom. The Balaban J connectivity index is 1.56. The number of hydrogen-bond acceptors (Lipinski definition) is 7. The first-order valence-electron chi connectivity index (χ1n) is 7.22. The number of thioether (sulfide) groups is 1. The van der Waals surface area contributed by atoms with Gasteiger partial charge in [-0.3, -0.25) is 10.1 Å². The quantitative estimate of drug-likeness (QED) is 0.259. The molecule has 128 valence electrons. The number of ether oxygens (including phenoxy) is 1. The van der Waals surface area contributed by atoms with Gasteiger partial charge in [0, 0.05) is 23.4 Å². The predicted octanol–water partition coefficient (Wildman–Crippen LogP) is 4.47. The average molecular weight is 378 g/mol. The molecule has 9 heteroatoms. The molecule has 0 saturated heterocycles. The van der Waals surface area contributed by atoms with Crippen molar-refractivity contribution in [1.82, 2.24) is 10.2 Å². The van der Waals surface area contributed by atoms with Crippen LogP contribution in [0.2, 0.25) is 5.02 Å². The van der Waals surface area contributed by atoms with Gasteiger partial charge in [-0.25, -0.2) is 0 Å². The summed E-state index contributed by atoms with van der Waals surface area (Å²) in [5, 5.41) is 19.6. The van der Waals surface area contributed by atoms with E-state index < -0.39 is 4.92 Å². The first kappa shape index (κ1) is 17.2. The van der Waals surface area contributed by atoms with Crippen LogP contribution in [0.5, 0.6) is 5.75 Å². The molecule has 7 nitrogen and oxygen atoms in total. The van der Waals surface area contributed by atoms with E-state index in [2.05, 4.69) is 10.2 Å². The zero-order valence-electron chi connectivity index (χ0n) is 12.8. The van der Waals surface area contributed by atoms with E-state index in [1.807, 2.05) is 12.1 Å². The van der Waals surface area contributed by atoms with Crippen LogP contribution in [0.25, 0.3) is 11.5 Å². The number of para-hydroxylation sites is 1. The van der Waals surface area contributed by atoms with E-state index in [9.17, 15) is 10.1 Å². The first-order valence-corrected chi connectivity index (χ1v) is 8.58. The van der Waals surface area contributed by atoms with Crippen molar-refractivity contribution >= 4 is 29.1 Å². The van der Waals surface area contributed by atoms with Gasteiger partial charge in [-0.15, -0.1) is 10.2 Å². The highest BCUT2D eigenvalue weighted by Crippen LogP contribution is 2.26. The fourth-order valence-electron chi connectivity index (χ4n) is 1.98. The van der Waals surface area contributed by atoms with E-state index >= 15 is 0 Å². The molecule has 0 fully saturated rings. The molecule has 0 N–H and O–H groups in total. The van der Waals surface area contributed by atoms with Crippen LogP contribution in [0.1, 0.15) is 0 Å². The van der Waals surface area contributed by atoms with Crippen LogP contribution in [-0.4, -0.2) is 27.5 Å². The highest BCUT2D eigenvalue weighted by Gasteiger charge is 2.13. The van der Waals surface area contributed by atoms with Crippen molar-refractivity contribution in [2.45, 2.75) is 5.22 Å². The van der Waals surface area contributed by atoms with Gasteiger partial charge >= 0.3 is 0 Å². The van der Waals surface area contributed by atoms with Gasteiger partial charge in [0.25, 0.3) is 10.9 Å². The summed E-state index contributed by atoms with van der Waals surface area (Å²) in [6.45, 7) is 0.420. The maximum absolute atomic E-state index is 10.8. The van der Waals surface area contributed by atoms with E-state index in [1.165, 1.54) is 23.9 Å². The van der Waals surface area contributed by atoms with Crippen molar-refractivity contribution in [3.8, 4) is 17.2 Å². The summed E-state index contributed by atoms with van der Waals surface area (Å²) in [5.74, 6) is 1.44. The molecule has 0 amide bonds. The van der Waals surface area contributed by atoms with Gasteiger partial charge in [0.05, 0.1) is 16.6 Å². The summed E-state index contributed by atoms with van der Waals surface area (Å²) in [5.41, 5.74) is 0.471. The summed E-state index contributed by atoms with van der Waals surface area (Å²) in [6, 6.07) is 13.3. The number of halogens is 1. The zero-order chi connectivity index (χ0) is 17.6. The molecule has 0 aliphatic heterocycles. The normalized spacial score (nSPS) is 10.6. The lowest BCUT2D eigenvalue weighted by atomic mass is 10.2.